The minimum absolute atomic E-state index is 0.0207. The molecule has 2 heterocycles. The third kappa shape index (κ3) is 4.43. The second-order valence-corrected chi connectivity index (χ2v) is 8.45. The van der Waals surface area contributed by atoms with Gasteiger partial charge in [0.15, 0.2) is 0 Å². The Hall–Kier alpha value is -1.92. The van der Waals surface area contributed by atoms with Crippen LogP contribution in [0.2, 0.25) is 0 Å². The van der Waals surface area contributed by atoms with Gasteiger partial charge in [0, 0.05) is 16.0 Å². The van der Waals surface area contributed by atoms with E-state index in [1.54, 1.807) is 17.7 Å². The lowest BCUT2D eigenvalue weighted by Crippen LogP contribution is -2.14. The van der Waals surface area contributed by atoms with Gasteiger partial charge in [-0.25, -0.2) is 9.97 Å². The molecule has 3 aromatic rings. The second kappa shape index (κ2) is 8.64. The zero-order valence-corrected chi connectivity index (χ0v) is 17.0. The molecule has 0 saturated heterocycles. The lowest BCUT2D eigenvalue weighted by Gasteiger charge is -2.07. The van der Waals surface area contributed by atoms with Gasteiger partial charge in [-0.1, -0.05) is 37.2 Å². The van der Waals surface area contributed by atoms with Gasteiger partial charge in [-0.3, -0.25) is 4.79 Å². The number of aryl methyl sites for hydroxylation is 3. The lowest BCUT2D eigenvalue weighted by atomic mass is 10.1. The summed E-state index contributed by atoms with van der Waals surface area (Å²) in [5.74, 6) is 0.311. The minimum atomic E-state index is -0.0207. The van der Waals surface area contributed by atoms with Gasteiger partial charge in [0.25, 0.3) is 0 Å². The van der Waals surface area contributed by atoms with Crippen molar-refractivity contribution in [3.8, 4) is 0 Å². The Morgan fingerprint density at radius 3 is 2.69 bits per heavy atom. The van der Waals surface area contributed by atoms with Crippen LogP contribution >= 0.6 is 23.1 Å². The number of rotatable bonds is 7. The predicted octanol–water partition coefficient (Wildman–Crippen LogP) is 5.38. The number of thiophene rings is 1. The maximum absolute atomic E-state index is 12.3. The van der Waals surface area contributed by atoms with Crippen molar-refractivity contribution in [3.05, 3.63) is 46.6 Å². The standard InChI is InChI=1S/C20H23N3OS2/c1-4-5-6-15-7-9-16(10-8-15)23-17(24)11-25-19-18-13(2)14(3)26-20(18)22-12-21-19/h7-10,12H,4-6,11H2,1-3H3,(H,23,24). The Labute approximate surface area is 162 Å². The van der Waals surface area contributed by atoms with E-state index >= 15 is 0 Å². The van der Waals surface area contributed by atoms with Crippen LogP contribution in [0, 0.1) is 13.8 Å². The van der Waals surface area contributed by atoms with Crippen LogP contribution in [0.25, 0.3) is 10.2 Å². The Kier molecular flexibility index (Phi) is 6.27. The highest BCUT2D eigenvalue weighted by Gasteiger charge is 2.13. The SMILES string of the molecule is CCCCc1ccc(NC(=O)CSc2ncnc3sc(C)c(C)c23)cc1. The molecule has 2 aromatic heterocycles. The topological polar surface area (TPSA) is 54.9 Å². The zero-order chi connectivity index (χ0) is 18.5. The summed E-state index contributed by atoms with van der Waals surface area (Å²) in [6.45, 7) is 6.37. The average molecular weight is 386 g/mol. The van der Waals surface area contributed by atoms with Gasteiger partial charge in [-0.15, -0.1) is 11.3 Å². The van der Waals surface area contributed by atoms with E-state index in [1.807, 2.05) is 12.1 Å². The highest BCUT2D eigenvalue weighted by atomic mass is 32.2. The largest absolute Gasteiger partial charge is 0.325 e. The van der Waals surface area contributed by atoms with Crippen LogP contribution in [0.4, 0.5) is 5.69 Å². The number of hydrogen-bond donors (Lipinski definition) is 1. The Bertz CT molecular complexity index is 903. The van der Waals surface area contributed by atoms with Crippen LogP contribution < -0.4 is 5.32 Å². The van der Waals surface area contributed by atoms with Crippen molar-refractivity contribution in [2.45, 2.75) is 45.1 Å². The van der Waals surface area contributed by atoms with E-state index in [0.717, 1.165) is 27.4 Å². The number of carbonyl (C=O) groups excluding carboxylic acids is 1. The van der Waals surface area contributed by atoms with E-state index in [-0.39, 0.29) is 5.91 Å². The number of amides is 1. The number of hydrogen-bond acceptors (Lipinski definition) is 5. The van der Waals surface area contributed by atoms with E-state index in [2.05, 4.69) is 48.2 Å². The number of benzene rings is 1. The van der Waals surface area contributed by atoms with Crippen molar-refractivity contribution in [1.29, 1.82) is 0 Å². The predicted molar refractivity (Wildman–Crippen MR) is 111 cm³/mol. The summed E-state index contributed by atoms with van der Waals surface area (Å²) in [4.78, 5) is 23.2. The summed E-state index contributed by atoms with van der Waals surface area (Å²) in [5.41, 5.74) is 3.35. The smallest absolute Gasteiger partial charge is 0.234 e. The summed E-state index contributed by atoms with van der Waals surface area (Å²) in [6.07, 6.45) is 5.04. The van der Waals surface area contributed by atoms with Crippen LogP contribution in [0.3, 0.4) is 0 Å². The molecule has 26 heavy (non-hydrogen) atoms. The zero-order valence-electron chi connectivity index (χ0n) is 15.3. The van der Waals surface area contributed by atoms with Gasteiger partial charge < -0.3 is 5.32 Å². The minimum Gasteiger partial charge on any atom is -0.325 e. The van der Waals surface area contributed by atoms with Gasteiger partial charge >= 0.3 is 0 Å². The normalized spacial score (nSPS) is 11.0. The van der Waals surface area contributed by atoms with Crippen molar-refractivity contribution in [2.24, 2.45) is 0 Å². The Balaban J connectivity index is 1.61. The first-order valence-corrected chi connectivity index (χ1v) is 10.6. The van der Waals surface area contributed by atoms with Gasteiger partial charge in [-0.2, -0.15) is 0 Å². The van der Waals surface area contributed by atoms with Crippen molar-refractivity contribution < 1.29 is 4.79 Å². The molecule has 4 nitrogen and oxygen atoms in total. The van der Waals surface area contributed by atoms with E-state index in [9.17, 15) is 4.79 Å². The molecule has 0 spiro atoms. The molecule has 0 aliphatic heterocycles. The molecule has 1 amide bonds. The summed E-state index contributed by atoms with van der Waals surface area (Å²) in [5, 5.41) is 4.92. The van der Waals surface area contributed by atoms with Crippen LogP contribution in [0.1, 0.15) is 35.8 Å². The highest BCUT2D eigenvalue weighted by molar-refractivity contribution is 8.00. The van der Waals surface area contributed by atoms with Crippen molar-refractivity contribution in [1.82, 2.24) is 9.97 Å². The van der Waals surface area contributed by atoms with Crippen LogP contribution in [-0.4, -0.2) is 21.6 Å². The molecule has 0 saturated carbocycles. The summed E-state index contributed by atoms with van der Waals surface area (Å²) < 4.78 is 0. The van der Waals surface area contributed by atoms with Crippen LogP contribution in [-0.2, 0) is 11.2 Å². The molecule has 0 fully saturated rings. The van der Waals surface area contributed by atoms with Crippen LogP contribution in [0.15, 0.2) is 35.6 Å². The van der Waals surface area contributed by atoms with Crippen LogP contribution in [0.5, 0.6) is 0 Å². The number of anilines is 1. The summed E-state index contributed by atoms with van der Waals surface area (Å²) in [6, 6.07) is 8.12. The number of aromatic nitrogens is 2. The molecule has 0 atom stereocenters. The maximum Gasteiger partial charge on any atom is 0.234 e. The molecule has 6 heteroatoms. The van der Waals surface area contributed by atoms with Gasteiger partial charge in [-0.05, 0) is 49.9 Å². The fourth-order valence-electron chi connectivity index (χ4n) is 2.73. The van der Waals surface area contributed by atoms with E-state index < -0.39 is 0 Å². The van der Waals surface area contributed by atoms with Gasteiger partial charge in [0.05, 0.1) is 5.75 Å². The third-order valence-electron chi connectivity index (χ3n) is 4.33. The fraction of sp³-hybridized carbons (Fsp3) is 0.350. The number of nitrogens with one attached hydrogen (secondary N) is 1. The molecule has 0 radical (unpaired) electrons. The molecule has 1 aromatic carbocycles. The van der Waals surface area contributed by atoms with Crippen molar-refractivity contribution in [3.63, 3.8) is 0 Å². The fourth-order valence-corrected chi connectivity index (χ4v) is 4.64. The number of nitrogens with zero attached hydrogens (tertiary/aromatic N) is 2. The lowest BCUT2D eigenvalue weighted by molar-refractivity contribution is -0.113. The number of unbranched alkanes of at least 4 members (excludes halogenated alkanes) is 1. The molecule has 3 rings (SSSR count). The second-order valence-electron chi connectivity index (χ2n) is 6.28. The van der Waals surface area contributed by atoms with E-state index in [4.69, 9.17) is 0 Å². The monoisotopic (exact) mass is 385 g/mol. The number of carbonyl (C=O) groups is 1. The quantitative estimate of drug-likeness (QED) is 0.438. The van der Waals surface area contributed by atoms with Crippen molar-refractivity contribution >= 4 is 44.9 Å². The molecule has 0 unspecified atom stereocenters. The first-order valence-electron chi connectivity index (χ1n) is 8.80. The highest BCUT2D eigenvalue weighted by Crippen LogP contribution is 2.34. The van der Waals surface area contributed by atoms with Crippen molar-refractivity contribution in [2.75, 3.05) is 11.1 Å². The maximum atomic E-state index is 12.3. The number of thioether (sulfide) groups is 1. The molecule has 136 valence electrons. The molecule has 0 aliphatic carbocycles. The van der Waals surface area contributed by atoms with E-state index in [1.165, 1.54) is 40.6 Å². The third-order valence-corrected chi connectivity index (χ3v) is 6.43. The summed E-state index contributed by atoms with van der Waals surface area (Å²) in [7, 11) is 0. The molecule has 0 bridgehead atoms. The molecule has 1 N–H and O–H groups in total. The first-order chi connectivity index (χ1) is 12.6. The van der Waals surface area contributed by atoms with E-state index in [0.29, 0.717) is 5.75 Å². The average Bonchev–Trinajstić information content (AvgIpc) is 2.94. The van der Waals surface area contributed by atoms with Gasteiger partial charge in [0.1, 0.15) is 16.2 Å². The number of fused-ring (bicyclic) bond motifs is 1. The van der Waals surface area contributed by atoms with Gasteiger partial charge in [0.2, 0.25) is 5.91 Å². The summed E-state index contributed by atoms with van der Waals surface area (Å²) >= 11 is 3.13. The molecular weight excluding hydrogens is 362 g/mol. The molecular formula is C20H23N3OS2. The Morgan fingerprint density at radius 1 is 1.19 bits per heavy atom. The Morgan fingerprint density at radius 2 is 1.96 bits per heavy atom. The molecule has 0 aliphatic rings. The first kappa shape index (κ1) is 18.9.